The number of benzene rings is 4. The summed E-state index contributed by atoms with van der Waals surface area (Å²) < 4.78 is 146. The van der Waals surface area contributed by atoms with Gasteiger partial charge in [-0.3, -0.25) is 0 Å². The molecule has 14 heteroatoms. The minimum Gasteiger partial charge on any atom is -0.379 e. The molecule has 0 spiro atoms. The van der Waals surface area contributed by atoms with Crippen molar-refractivity contribution in [2.45, 2.75) is 17.8 Å². The molecule has 0 atom stereocenters. The van der Waals surface area contributed by atoms with Gasteiger partial charge in [0.15, 0.2) is 0 Å². The molecule has 0 fully saturated rings. The molecule has 0 N–H and O–H groups in total. The largest absolute Gasteiger partial charge is 0.411 e. The van der Waals surface area contributed by atoms with Gasteiger partial charge in [-0.25, -0.2) is 0 Å². The van der Waals surface area contributed by atoms with Gasteiger partial charge in [-0.05, 0) is 58.7 Å². The van der Waals surface area contributed by atoms with E-state index in [1.54, 1.807) is 60.7 Å². The van der Waals surface area contributed by atoms with E-state index in [2.05, 4.69) is 0 Å². The van der Waals surface area contributed by atoms with Crippen LogP contribution in [-0.4, -0.2) is 29.2 Å². The fourth-order valence-corrected chi connectivity index (χ4v) is 5.80. The van der Waals surface area contributed by atoms with E-state index in [4.69, 9.17) is 8.37 Å². The summed E-state index contributed by atoms with van der Waals surface area (Å²) in [4.78, 5) is 0. The van der Waals surface area contributed by atoms with Crippen molar-refractivity contribution >= 4 is 32.4 Å². The van der Waals surface area contributed by atoms with Gasteiger partial charge >= 0.3 is 32.6 Å². The summed E-state index contributed by atoms with van der Waals surface area (Å²) in [5.74, 6) is -1.07. The first kappa shape index (κ1) is 33.3. The van der Waals surface area contributed by atoms with Crippen molar-refractivity contribution in [2.24, 2.45) is 0 Å². The number of hydrogen-bond acceptors (Lipinski definition) is 6. The maximum atomic E-state index is 14.5. The molecule has 0 bridgehead atoms. The molecule has 0 saturated heterocycles. The summed E-state index contributed by atoms with van der Waals surface area (Å²) in [6, 6.07) is 20.8. The summed E-state index contributed by atoms with van der Waals surface area (Å²) in [5, 5.41) is 1.38. The number of hydrogen-bond donors (Lipinski definition) is 0. The third kappa shape index (κ3) is 7.94. The third-order valence-electron chi connectivity index (χ3n) is 6.30. The van der Waals surface area contributed by atoms with E-state index in [1.165, 1.54) is 12.2 Å². The molecule has 0 heterocycles. The summed E-state index contributed by atoms with van der Waals surface area (Å²) in [7, 11) is -8.85. The second-order valence-electron chi connectivity index (χ2n) is 9.37. The van der Waals surface area contributed by atoms with Gasteiger partial charge in [0.1, 0.15) is 11.5 Å². The molecule has 4 aromatic rings. The van der Waals surface area contributed by atoms with Crippen molar-refractivity contribution in [3.8, 4) is 11.5 Å². The Kier molecular flexibility index (Phi) is 9.49. The van der Waals surface area contributed by atoms with Gasteiger partial charge in [0.25, 0.3) is 0 Å². The lowest BCUT2D eigenvalue weighted by atomic mass is 9.73. The van der Waals surface area contributed by atoms with Gasteiger partial charge in [0.05, 0.1) is 10.8 Å². The molecule has 0 saturated carbocycles. The summed E-state index contributed by atoms with van der Waals surface area (Å²) in [6.07, 6.45) is -9.52. The molecule has 0 aromatic heterocycles. The maximum absolute atomic E-state index is 14.5. The number of rotatable bonds is 10. The molecular formula is C31H22F6O6S2. The second-order valence-corrected chi connectivity index (χ2v) is 12.2. The molecule has 0 aliphatic carbocycles. The van der Waals surface area contributed by atoms with E-state index >= 15 is 0 Å². The lowest BCUT2D eigenvalue weighted by molar-refractivity contribution is -0.288. The van der Waals surface area contributed by atoms with Crippen LogP contribution in [0, 0.1) is 0 Å². The predicted octanol–water partition coefficient (Wildman–Crippen LogP) is 7.86. The SMILES string of the molecule is O=S(=O)(/C=C/c1ccccc1)Oc1ccc(C(c2ccc(OS(=O)(=O)/C=C/c3ccccc3)cc2)(C(F)(F)F)C(F)(F)F)cc1. The molecule has 4 aromatic carbocycles. The Balaban J connectivity index is 1.64. The first-order valence-corrected chi connectivity index (χ1v) is 15.7. The highest BCUT2D eigenvalue weighted by molar-refractivity contribution is 7.90. The van der Waals surface area contributed by atoms with E-state index in [0.717, 1.165) is 0 Å². The molecule has 0 amide bonds. The average molecular weight is 669 g/mol. The Bertz CT molecular complexity index is 1730. The molecule has 0 aliphatic rings. The Hall–Kier alpha value is -4.56. The molecule has 0 aliphatic heterocycles. The van der Waals surface area contributed by atoms with Crippen LogP contribution >= 0.6 is 0 Å². The van der Waals surface area contributed by atoms with Crippen molar-refractivity contribution in [3.63, 3.8) is 0 Å². The van der Waals surface area contributed by atoms with Crippen molar-refractivity contribution < 1.29 is 51.5 Å². The highest BCUT2D eigenvalue weighted by Crippen LogP contribution is 2.56. The van der Waals surface area contributed by atoms with Crippen LogP contribution in [-0.2, 0) is 25.7 Å². The van der Waals surface area contributed by atoms with Crippen LogP contribution < -0.4 is 8.37 Å². The zero-order valence-corrected chi connectivity index (χ0v) is 24.4. The van der Waals surface area contributed by atoms with E-state index in [0.29, 0.717) is 70.5 Å². The quantitative estimate of drug-likeness (QED) is 0.126. The molecular weight excluding hydrogens is 646 g/mol. The van der Waals surface area contributed by atoms with E-state index in [-0.39, 0.29) is 0 Å². The summed E-state index contributed by atoms with van der Waals surface area (Å²) in [5.41, 5.74) is -6.18. The number of halogens is 6. The monoisotopic (exact) mass is 668 g/mol. The Morgan fingerprint density at radius 3 is 1.07 bits per heavy atom. The van der Waals surface area contributed by atoms with Crippen molar-refractivity contribution in [2.75, 3.05) is 0 Å². The highest BCUT2D eigenvalue weighted by atomic mass is 32.2. The molecule has 236 valence electrons. The zero-order chi connectivity index (χ0) is 32.9. The topological polar surface area (TPSA) is 86.7 Å². The van der Waals surface area contributed by atoms with Crippen LogP contribution in [0.15, 0.2) is 120 Å². The van der Waals surface area contributed by atoms with Crippen LogP contribution in [0.4, 0.5) is 26.3 Å². The van der Waals surface area contributed by atoms with Crippen LogP contribution in [0.2, 0.25) is 0 Å². The van der Waals surface area contributed by atoms with Gasteiger partial charge in [0.2, 0.25) is 5.41 Å². The fourth-order valence-electron chi connectivity index (χ4n) is 4.28. The minimum atomic E-state index is -5.95. The molecule has 0 unspecified atom stereocenters. The highest BCUT2D eigenvalue weighted by Gasteiger charge is 2.72. The molecule has 6 nitrogen and oxygen atoms in total. The standard InChI is InChI=1S/C31H22F6O6S2/c32-30(33,34)29(31(35,36)37,25-11-15-27(16-12-25)42-44(38,39)21-19-23-7-3-1-4-8-23)26-13-17-28(18-14-26)43-45(40,41)22-20-24-9-5-2-6-10-24/h1-22H/b21-19+,22-20+. The Labute approximate surface area is 255 Å². The van der Waals surface area contributed by atoms with Crippen LogP contribution in [0.1, 0.15) is 22.3 Å². The molecule has 4 rings (SSSR count). The predicted molar refractivity (Wildman–Crippen MR) is 156 cm³/mol. The van der Waals surface area contributed by atoms with Gasteiger partial charge < -0.3 is 8.37 Å². The first-order chi connectivity index (χ1) is 21.0. The van der Waals surface area contributed by atoms with Gasteiger partial charge in [0, 0.05) is 0 Å². The fraction of sp³-hybridized carbons (Fsp3) is 0.0968. The van der Waals surface area contributed by atoms with Crippen LogP contribution in [0.3, 0.4) is 0 Å². The Morgan fingerprint density at radius 1 is 0.467 bits per heavy atom. The average Bonchev–Trinajstić information content (AvgIpc) is 2.97. The van der Waals surface area contributed by atoms with Crippen LogP contribution in [0.25, 0.3) is 12.2 Å². The molecule has 45 heavy (non-hydrogen) atoms. The van der Waals surface area contributed by atoms with Crippen molar-refractivity contribution in [1.82, 2.24) is 0 Å². The summed E-state index contributed by atoms with van der Waals surface area (Å²) in [6.45, 7) is 0. The van der Waals surface area contributed by atoms with E-state index in [9.17, 15) is 43.2 Å². The third-order valence-corrected chi connectivity index (χ3v) is 8.09. The normalized spacial score (nSPS) is 13.3. The van der Waals surface area contributed by atoms with Gasteiger partial charge in [-0.2, -0.15) is 43.2 Å². The number of alkyl halides is 6. The lowest BCUT2D eigenvalue weighted by Gasteiger charge is -2.38. The smallest absolute Gasteiger partial charge is 0.379 e. The second kappa shape index (κ2) is 12.8. The van der Waals surface area contributed by atoms with Gasteiger partial charge in [-0.1, -0.05) is 84.9 Å². The summed E-state index contributed by atoms with van der Waals surface area (Å²) >= 11 is 0. The van der Waals surface area contributed by atoms with Crippen molar-refractivity contribution in [1.29, 1.82) is 0 Å². The first-order valence-electron chi connectivity index (χ1n) is 12.7. The van der Waals surface area contributed by atoms with Gasteiger partial charge in [-0.15, -0.1) is 0 Å². The van der Waals surface area contributed by atoms with Crippen LogP contribution in [0.5, 0.6) is 11.5 Å². The lowest BCUT2D eigenvalue weighted by Crippen LogP contribution is -2.54. The van der Waals surface area contributed by atoms with E-state index < -0.39 is 60.6 Å². The molecule has 0 radical (unpaired) electrons. The van der Waals surface area contributed by atoms with Crippen molar-refractivity contribution in [3.05, 3.63) is 142 Å². The Morgan fingerprint density at radius 2 is 0.778 bits per heavy atom. The maximum Gasteiger partial charge on any atom is 0.411 e. The van der Waals surface area contributed by atoms with E-state index in [1.807, 2.05) is 0 Å². The zero-order valence-electron chi connectivity index (χ0n) is 22.7. The minimum absolute atomic E-state index is 0.454.